The lowest BCUT2D eigenvalue weighted by molar-refractivity contribution is -0.446. The number of carboxylic acid groups (broad SMARTS) is 1. The summed E-state index contributed by atoms with van der Waals surface area (Å²) in [6, 6.07) is 53.8. The molecule has 0 amide bonds. The van der Waals surface area contributed by atoms with Gasteiger partial charge in [-0.25, -0.2) is 14.3 Å². The molecule has 0 radical (unpaired) electrons. The summed E-state index contributed by atoms with van der Waals surface area (Å²) in [4.78, 5) is 43.4. The molecule has 3 saturated heterocycles. The molecule has 0 bridgehead atoms. The van der Waals surface area contributed by atoms with Gasteiger partial charge in [-0.1, -0.05) is 79.2 Å². The second-order valence-corrected chi connectivity index (χ2v) is 23.8. The Balaban J connectivity index is 0.675. The van der Waals surface area contributed by atoms with Crippen LogP contribution in [0.5, 0.6) is 11.5 Å². The quantitative estimate of drug-likeness (QED) is 0.0664. The van der Waals surface area contributed by atoms with Crippen LogP contribution in [0.4, 0.5) is 11.4 Å². The highest BCUT2D eigenvalue weighted by Crippen LogP contribution is 2.44. The van der Waals surface area contributed by atoms with Crippen LogP contribution in [-0.4, -0.2) is 102 Å². The molecule has 12 rings (SSSR count). The zero-order chi connectivity index (χ0) is 55.1. The van der Waals surface area contributed by atoms with Crippen molar-refractivity contribution in [3.63, 3.8) is 0 Å². The van der Waals surface area contributed by atoms with Gasteiger partial charge in [0.2, 0.25) is 5.69 Å². The molecule has 416 valence electrons. The molecule has 10 heteroatoms. The number of carboxylic acids is 1. The number of rotatable bonds is 13. The van der Waals surface area contributed by atoms with Crippen LogP contribution in [0, 0.1) is 35.8 Å². The van der Waals surface area contributed by atoms with Crippen LogP contribution in [0.3, 0.4) is 0 Å². The van der Waals surface area contributed by atoms with Crippen molar-refractivity contribution < 1.29 is 34.2 Å². The van der Waals surface area contributed by atoms with Crippen LogP contribution in [-0.2, 0) is 27.3 Å². The van der Waals surface area contributed by atoms with E-state index in [0.717, 1.165) is 135 Å². The predicted molar refractivity (Wildman–Crippen MR) is 322 cm³/mol. The summed E-state index contributed by atoms with van der Waals surface area (Å²) in [6.07, 6.45) is 18.0. The third-order valence-corrected chi connectivity index (χ3v) is 18.6. The maximum absolute atomic E-state index is 13.6. The Hall–Kier alpha value is -7.45. The number of benzene rings is 5. The van der Waals surface area contributed by atoms with Gasteiger partial charge in [0.25, 0.3) is 0 Å². The lowest BCUT2D eigenvalue weighted by Gasteiger charge is -2.31. The maximum atomic E-state index is 13.6. The Morgan fingerprint density at radius 2 is 1.31 bits per heavy atom. The second kappa shape index (κ2) is 25.1. The minimum Gasteiger partial charge on any atom is -0.508 e. The molecular weight excluding hydrogens is 1000 g/mol. The maximum Gasteiger partial charge on any atom is 0.369 e. The molecule has 4 heterocycles. The number of anilines is 1. The van der Waals surface area contributed by atoms with E-state index in [9.17, 15) is 19.8 Å². The van der Waals surface area contributed by atoms with Crippen LogP contribution in [0.25, 0.3) is 22.3 Å². The highest BCUT2D eigenvalue weighted by molar-refractivity contribution is 6.01. The predicted octanol–water partition coefficient (Wildman–Crippen LogP) is 13.4. The van der Waals surface area contributed by atoms with Gasteiger partial charge in [-0.15, -0.1) is 0 Å². The fourth-order valence-corrected chi connectivity index (χ4v) is 14.6. The fourth-order valence-electron chi connectivity index (χ4n) is 14.6. The summed E-state index contributed by atoms with van der Waals surface area (Å²) < 4.78 is 2.49. The largest absolute Gasteiger partial charge is 0.508 e. The molecule has 6 aromatic rings. The number of hydrogen-bond acceptors (Lipinski definition) is 8. The van der Waals surface area contributed by atoms with E-state index in [1.54, 1.807) is 0 Å². The Kier molecular flexibility index (Phi) is 16.8. The third kappa shape index (κ3) is 12.7. The first-order valence-electron chi connectivity index (χ1n) is 30.2. The standard InChI is InChI=1S/C71H76N4O6/c76-62-32-34-66-55(43-62)18-9-22-64(51-13-3-1-4-14-51)70(66)53-26-30-61(31-27-53)75-40-12-20-50-36-41-72(38-11-21-57(50)46-75)49-69(79)81-80-63-33-35-67-56(44-63)19-10-23-65(52-15-5-2-6-16-52)71(67)54-24-28-60(29-25-54)74-39-8-7-17-58(47-74)59-37-42-73(45-59)48-68(77)78/h1-3,5-6,13,15-16,24-35,40,43-44,50,57-59H,7-12,17-23,36-39,41-42,45-49H2,(H-,76,77,78)/p+1. The number of carbonyl (C=O) groups excluding carboxylic acids is 1. The number of phenolic OH excluding ortho intramolecular Hbond substituents is 1. The molecule has 0 aromatic heterocycles. The van der Waals surface area contributed by atoms with Gasteiger partial charge in [0.15, 0.2) is 12.3 Å². The van der Waals surface area contributed by atoms with Crippen LogP contribution >= 0.6 is 0 Å². The van der Waals surface area contributed by atoms with Crippen LogP contribution in [0.2, 0.25) is 0 Å². The Labute approximate surface area is 479 Å². The third-order valence-electron chi connectivity index (χ3n) is 18.6. The number of aryl methyl sites for hydroxylation is 2. The Morgan fingerprint density at radius 1 is 0.593 bits per heavy atom. The molecule has 2 aliphatic carbocycles. The van der Waals surface area contributed by atoms with E-state index in [2.05, 4.69) is 141 Å². The molecule has 2 N–H and O–H groups in total. The summed E-state index contributed by atoms with van der Waals surface area (Å²) in [5, 5.41) is 19.8. The van der Waals surface area contributed by atoms with E-state index in [0.29, 0.717) is 35.2 Å². The average Bonchev–Trinajstić information content (AvgIpc) is 3.79. The molecule has 3 fully saturated rings. The molecule has 0 saturated carbocycles. The summed E-state index contributed by atoms with van der Waals surface area (Å²) in [7, 11) is 0. The number of carbonyl (C=O) groups is 2. The van der Waals surface area contributed by atoms with Crippen molar-refractivity contribution in [2.75, 3.05) is 63.8 Å². The molecule has 6 aromatic carbocycles. The zero-order valence-electron chi connectivity index (χ0n) is 46.9. The SMILES string of the molecule is O=C(O)CN1CCC(C2CCCCN(c3ccc(C4=C(c5ccccc5)CCCc5cc(OOC(=O)CN6CCCC7C[N+](c8ccc(C9=C(c%10c#cccc%10)CCCc%10cc(O)ccc%109)cc8)=CCCC7CC6)ccc54)cc3)C2)C1. The molecule has 4 atom stereocenters. The van der Waals surface area contributed by atoms with Crippen LogP contribution in [0.15, 0.2) is 133 Å². The number of aliphatic carboxylic acids is 1. The Bertz CT molecular complexity index is 3280. The summed E-state index contributed by atoms with van der Waals surface area (Å²) in [5.74, 6) is 1.97. The van der Waals surface area contributed by atoms with E-state index in [1.165, 1.54) is 85.5 Å². The lowest BCUT2D eigenvalue weighted by Crippen LogP contribution is -2.37. The lowest BCUT2D eigenvalue weighted by atomic mass is 9.82. The topological polar surface area (TPSA) is 106 Å². The zero-order valence-corrected chi connectivity index (χ0v) is 46.9. The van der Waals surface area contributed by atoms with Crippen molar-refractivity contribution >= 4 is 51.8 Å². The number of hydrogen-bond donors (Lipinski definition) is 2. The van der Waals surface area contributed by atoms with Gasteiger partial charge in [-0.2, -0.15) is 0 Å². The highest BCUT2D eigenvalue weighted by Gasteiger charge is 2.34. The minimum atomic E-state index is -0.735. The van der Waals surface area contributed by atoms with Crippen LogP contribution in [0.1, 0.15) is 128 Å². The molecule has 10 nitrogen and oxygen atoms in total. The number of phenols is 1. The summed E-state index contributed by atoms with van der Waals surface area (Å²) in [6.45, 7) is 6.82. The summed E-state index contributed by atoms with van der Waals surface area (Å²) in [5.41, 5.74) is 16.9. The van der Waals surface area contributed by atoms with E-state index >= 15 is 0 Å². The number of fused-ring (bicyclic) bond motifs is 3. The van der Waals surface area contributed by atoms with E-state index in [-0.39, 0.29) is 19.1 Å². The number of nitrogens with zero attached hydrogens (tertiary/aromatic N) is 4. The van der Waals surface area contributed by atoms with Gasteiger partial charge in [0.05, 0.1) is 6.54 Å². The van der Waals surface area contributed by atoms with E-state index in [4.69, 9.17) is 9.78 Å². The smallest absolute Gasteiger partial charge is 0.369 e. The van der Waals surface area contributed by atoms with Crippen molar-refractivity contribution in [3.8, 4) is 11.5 Å². The molecule has 0 spiro atoms. The van der Waals surface area contributed by atoms with Gasteiger partial charge in [0, 0.05) is 55.4 Å². The first-order valence-corrected chi connectivity index (χ1v) is 30.2. The van der Waals surface area contributed by atoms with Crippen molar-refractivity contribution in [1.82, 2.24) is 9.80 Å². The number of allylic oxidation sites excluding steroid dienone is 2. The molecule has 81 heavy (non-hydrogen) atoms. The van der Waals surface area contributed by atoms with Gasteiger partial charge in [0.1, 0.15) is 18.5 Å². The van der Waals surface area contributed by atoms with Crippen molar-refractivity contribution in [3.05, 3.63) is 190 Å². The average molecular weight is 1080 g/mol. The van der Waals surface area contributed by atoms with Crippen molar-refractivity contribution in [1.29, 1.82) is 0 Å². The number of likely N-dealkylation sites (tertiary alicyclic amines) is 2. The van der Waals surface area contributed by atoms with E-state index < -0.39 is 5.97 Å². The van der Waals surface area contributed by atoms with Gasteiger partial charge in [-0.3, -0.25) is 19.5 Å². The highest BCUT2D eigenvalue weighted by atomic mass is 17.2. The monoisotopic (exact) mass is 1080 g/mol. The normalized spacial score (nSPS) is 22.0. The van der Waals surface area contributed by atoms with Gasteiger partial charge < -0.3 is 15.1 Å². The van der Waals surface area contributed by atoms with Gasteiger partial charge in [-0.05, 0) is 243 Å². The molecule has 4 unspecified atom stereocenters. The fraction of sp³-hybridized carbons (Fsp3) is 0.394. The van der Waals surface area contributed by atoms with Crippen LogP contribution < -0.4 is 9.79 Å². The molecule has 6 aliphatic rings. The molecule has 4 aliphatic heterocycles. The van der Waals surface area contributed by atoms with E-state index in [1.807, 2.05) is 30.3 Å². The number of aromatic hydroxyl groups is 1. The minimum absolute atomic E-state index is 0.140. The van der Waals surface area contributed by atoms with Crippen molar-refractivity contribution in [2.24, 2.45) is 23.7 Å². The first-order chi connectivity index (χ1) is 39.8. The Morgan fingerprint density at radius 3 is 2.10 bits per heavy atom. The summed E-state index contributed by atoms with van der Waals surface area (Å²) >= 11 is 0. The molecular formula is C71H77N4O6+. The second-order valence-electron chi connectivity index (χ2n) is 23.8. The van der Waals surface area contributed by atoms with Crippen molar-refractivity contribution in [2.45, 2.75) is 96.3 Å². The first kappa shape index (κ1) is 54.2. The van der Waals surface area contributed by atoms with Gasteiger partial charge >= 0.3 is 11.9 Å².